The van der Waals surface area contributed by atoms with Gasteiger partial charge in [-0.3, -0.25) is 4.98 Å². The molecule has 0 bridgehead atoms. The maximum absolute atomic E-state index is 5.86. The highest BCUT2D eigenvalue weighted by Gasteiger charge is 2.10. The van der Waals surface area contributed by atoms with Crippen molar-refractivity contribution in [1.29, 1.82) is 0 Å². The van der Waals surface area contributed by atoms with E-state index < -0.39 is 0 Å². The second kappa shape index (κ2) is 5.95. The van der Waals surface area contributed by atoms with E-state index in [1.165, 1.54) is 0 Å². The molecule has 0 amide bonds. The second-order valence-corrected chi connectivity index (χ2v) is 5.25. The van der Waals surface area contributed by atoms with Crippen LogP contribution in [0.3, 0.4) is 0 Å². The second-order valence-electron chi connectivity index (χ2n) is 5.25. The van der Waals surface area contributed by atoms with E-state index in [1.807, 2.05) is 30.5 Å². The van der Waals surface area contributed by atoms with E-state index in [0.29, 0.717) is 0 Å². The summed E-state index contributed by atoms with van der Waals surface area (Å²) in [6.07, 6.45) is 4.82. The molecule has 2 aromatic heterocycles. The number of pyridine rings is 1. The van der Waals surface area contributed by atoms with Crippen molar-refractivity contribution < 1.29 is 0 Å². The zero-order chi connectivity index (χ0) is 14.7. The lowest BCUT2D eigenvalue weighted by atomic mass is 10.2. The number of aromatic nitrogens is 3. The van der Waals surface area contributed by atoms with Gasteiger partial charge in [-0.25, -0.2) is 4.98 Å². The molecule has 0 aliphatic carbocycles. The highest BCUT2D eigenvalue weighted by Crippen LogP contribution is 2.20. The summed E-state index contributed by atoms with van der Waals surface area (Å²) in [5, 5.41) is 0. The molecule has 0 aliphatic rings. The van der Waals surface area contributed by atoms with Crippen molar-refractivity contribution in [3.05, 3.63) is 54.1 Å². The fourth-order valence-corrected chi connectivity index (χ4v) is 2.63. The van der Waals surface area contributed by atoms with Gasteiger partial charge in [0.05, 0.1) is 11.0 Å². The summed E-state index contributed by atoms with van der Waals surface area (Å²) in [7, 11) is 0. The molecule has 0 radical (unpaired) electrons. The predicted octanol–water partition coefficient (Wildman–Crippen LogP) is 3.21. The first kappa shape index (κ1) is 13.6. The Balaban J connectivity index is 1.93. The van der Waals surface area contributed by atoms with E-state index in [4.69, 9.17) is 10.7 Å². The Morgan fingerprint density at radius 2 is 2.05 bits per heavy atom. The maximum atomic E-state index is 5.86. The molecule has 4 nitrogen and oxygen atoms in total. The number of hydrogen-bond donors (Lipinski definition) is 1. The standard InChI is InChI=1S/C17H20N4/c1-2-5-17-20-15-12-13(18)7-8-16(15)21(17)11-9-14-6-3-4-10-19-14/h3-4,6-8,10,12H,2,5,9,11,18H2,1H3. The summed E-state index contributed by atoms with van der Waals surface area (Å²) in [5.41, 5.74) is 9.88. The third-order valence-electron chi connectivity index (χ3n) is 3.64. The van der Waals surface area contributed by atoms with Crippen molar-refractivity contribution in [3.63, 3.8) is 0 Å². The molecule has 1 aromatic carbocycles. The van der Waals surface area contributed by atoms with Crippen molar-refractivity contribution in [2.75, 3.05) is 5.73 Å². The molecule has 108 valence electrons. The molecule has 0 aliphatic heterocycles. The van der Waals surface area contributed by atoms with Crippen LogP contribution < -0.4 is 5.73 Å². The van der Waals surface area contributed by atoms with E-state index in [-0.39, 0.29) is 0 Å². The van der Waals surface area contributed by atoms with Gasteiger partial charge in [0, 0.05) is 37.0 Å². The van der Waals surface area contributed by atoms with Gasteiger partial charge in [0.2, 0.25) is 0 Å². The van der Waals surface area contributed by atoms with Gasteiger partial charge < -0.3 is 10.3 Å². The molecule has 3 rings (SSSR count). The number of benzene rings is 1. The Morgan fingerprint density at radius 3 is 2.81 bits per heavy atom. The molecule has 2 N–H and O–H groups in total. The summed E-state index contributed by atoms with van der Waals surface area (Å²) in [5.74, 6) is 1.13. The number of imidazole rings is 1. The summed E-state index contributed by atoms with van der Waals surface area (Å²) in [6, 6.07) is 12.0. The zero-order valence-corrected chi connectivity index (χ0v) is 12.3. The topological polar surface area (TPSA) is 56.7 Å². The van der Waals surface area contributed by atoms with Gasteiger partial charge in [-0.05, 0) is 36.8 Å². The first-order valence-corrected chi connectivity index (χ1v) is 7.42. The van der Waals surface area contributed by atoms with Crippen LogP contribution in [0.2, 0.25) is 0 Å². The summed E-state index contributed by atoms with van der Waals surface area (Å²) in [6.45, 7) is 3.07. The average Bonchev–Trinajstić information content (AvgIpc) is 2.83. The van der Waals surface area contributed by atoms with Crippen LogP contribution in [-0.4, -0.2) is 14.5 Å². The SMILES string of the molecule is CCCc1nc2cc(N)ccc2n1CCc1ccccn1. The molecule has 0 saturated heterocycles. The Kier molecular flexibility index (Phi) is 3.86. The number of hydrogen-bond acceptors (Lipinski definition) is 3. The molecule has 0 atom stereocenters. The Hall–Kier alpha value is -2.36. The number of rotatable bonds is 5. The lowest BCUT2D eigenvalue weighted by Crippen LogP contribution is -2.07. The smallest absolute Gasteiger partial charge is 0.109 e. The van der Waals surface area contributed by atoms with E-state index in [1.54, 1.807) is 0 Å². The van der Waals surface area contributed by atoms with Crippen LogP contribution in [0.1, 0.15) is 24.9 Å². The number of nitrogen functional groups attached to an aromatic ring is 1. The molecule has 0 unspecified atom stereocenters. The molecular weight excluding hydrogens is 260 g/mol. The van der Waals surface area contributed by atoms with Crippen LogP contribution >= 0.6 is 0 Å². The monoisotopic (exact) mass is 280 g/mol. The lowest BCUT2D eigenvalue weighted by Gasteiger charge is -2.08. The van der Waals surface area contributed by atoms with Crippen molar-refractivity contribution in [2.24, 2.45) is 0 Å². The highest BCUT2D eigenvalue weighted by molar-refractivity contribution is 5.79. The normalized spacial score (nSPS) is 11.1. The van der Waals surface area contributed by atoms with Gasteiger partial charge in [0.25, 0.3) is 0 Å². The molecule has 3 aromatic rings. The lowest BCUT2D eigenvalue weighted by molar-refractivity contribution is 0.651. The highest BCUT2D eigenvalue weighted by atomic mass is 15.1. The average molecular weight is 280 g/mol. The van der Waals surface area contributed by atoms with Crippen LogP contribution in [-0.2, 0) is 19.4 Å². The molecule has 21 heavy (non-hydrogen) atoms. The summed E-state index contributed by atoms with van der Waals surface area (Å²) < 4.78 is 2.30. The van der Waals surface area contributed by atoms with Gasteiger partial charge in [0.15, 0.2) is 0 Å². The number of aryl methyl sites for hydroxylation is 3. The molecule has 4 heteroatoms. The number of anilines is 1. The molecule has 0 spiro atoms. The van der Waals surface area contributed by atoms with E-state index in [2.05, 4.69) is 28.6 Å². The number of fused-ring (bicyclic) bond motifs is 1. The van der Waals surface area contributed by atoms with E-state index in [9.17, 15) is 0 Å². The summed E-state index contributed by atoms with van der Waals surface area (Å²) in [4.78, 5) is 9.13. The van der Waals surface area contributed by atoms with Gasteiger partial charge in [-0.1, -0.05) is 13.0 Å². The third-order valence-corrected chi connectivity index (χ3v) is 3.64. The quantitative estimate of drug-likeness (QED) is 0.730. The van der Waals surface area contributed by atoms with Gasteiger partial charge in [0.1, 0.15) is 5.82 Å². The predicted molar refractivity (Wildman–Crippen MR) is 86.1 cm³/mol. The summed E-state index contributed by atoms with van der Waals surface area (Å²) >= 11 is 0. The maximum Gasteiger partial charge on any atom is 0.109 e. The first-order valence-electron chi connectivity index (χ1n) is 7.42. The van der Waals surface area contributed by atoms with Gasteiger partial charge in [-0.15, -0.1) is 0 Å². The molecule has 0 saturated carbocycles. The van der Waals surface area contributed by atoms with Crippen LogP contribution in [0.15, 0.2) is 42.6 Å². The Morgan fingerprint density at radius 1 is 1.14 bits per heavy atom. The fraction of sp³-hybridized carbons (Fsp3) is 0.294. The minimum absolute atomic E-state index is 0.764. The largest absolute Gasteiger partial charge is 0.399 e. The van der Waals surface area contributed by atoms with E-state index in [0.717, 1.165) is 54.0 Å². The van der Waals surface area contributed by atoms with Gasteiger partial charge >= 0.3 is 0 Å². The fourth-order valence-electron chi connectivity index (χ4n) is 2.63. The Bertz CT molecular complexity index is 731. The first-order chi connectivity index (χ1) is 10.3. The van der Waals surface area contributed by atoms with Crippen molar-refractivity contribution in [2.45, 2.75) is 32.7 Å². The van der Waals surface area contributed by atoms with Crippen LogP contribution in [0, 0.1) is 0 Å². The van der Waals surface area contributed by atoms with Crippen LogP contribution in [0.5, 0.6) is 0 Å². The molecule has 0 fully saturated rings. The zero-order valence-electron chi connectivity index (χ0n) is 12.3. The van der Waals surface area contributed by atoms with E-state index >= 15 is 0 Å². The van der Waals surface area contributed by atoms with Crippen molar-refractivity contribution in [3.8, 4) is 0 Å². The number of nitrogens with two attached hydrogens (primary N) is 1. The van der Waals surface area contributed by atoms with Crippen molar-refractivity contribution >= 4 is 16.7 Å². The van der Waals surface area contributed by atoms with Crippen LogP contribution in [0.4, 0.5) is 5.69 Å². The molecule has 2 heterocycles. The molecular formula is C17H20N4. The third kappa shape index (κ3) is 2.89. The minimum atomic E-state index is 0.764. The minimum Gasteiger partial charge on any atom is -0.399 e. The van der Waals surface area contributed by atoms with Crippen LogP contribution in [0.25, 0.3) is 11.0 Å². The van der Waals surface area contributed by atoms with Crippen molar-refractivity contribution in [1.82, 2.24) is 14.5 Å². The number of nitrogens with zero attached hydrogens (tertiary/aromatic N) is 3. The van der Waals surface area contributed by atoms with Gasteiger partial charge in [-0.2, -0.15) is 0 Å². The Labute approximate surface area is 124 Å².